The molecule has 3 atom stereocenters. The van der Waals surface area contributed by atoms with Gasteiger partial charge in [0.1, 0.15) is 0 Å². The number of halogens is 5. The molecular weight excluding hydrogens is 546 g/mol. The first kappa shape index (κ1) is 28.9. The number of hydrogen-bond acceptors (Lipinski definition) is 3. The topological polar surface area (TPSA) is 46.6 Å². The average molecular weight is 580 g/mol. The van der Waals surface area contributed by atoms with E-state index in [1.807, 2.05) is 29.2 Å². The zero-order chi connectivity index (χ0) is 28.9. The van der Waals surface area contributed by atoms with Crippen molar-refractivity contribution in [2.45, 2.75) is 81.6 Å². The molecule has 0 radical (unpaired) electrons. The van der Waals surface area contributed by atoms with Gasteiger partial charge in [-0.25, -0.2) is 4.39 Å². The Hall–Kier alpha value is -2.61. The molecule has 3 aliphatic rings. The first-order chi connectivity index (χ1) is 18.9. The van der Waals surface area contributed by atoms with Crippen LogP contribution in [0.5, 0.6) is 0 Å². The van der Waals surface area contributed by atoms with E-state index in [-0.39, 0.29) is 29.8 Å². The van der Waals surface area contributed by atoms with Gasteiger partial charge in [0.05, 0.1) is 13.0 Å². The number of hydrogen-bond donors (Lipinski definition) is 0. The molecule has 2 aromatic carbocycles. The van der Waals surface area contributed by atoms with Gasteiger partial charge < -0.3 is 9.64 Å². The largest absolute Gasteiger partial charge is 0.469 e. The summed E-state index contributed by atoms with van der Waals surface area (Å²) in [7, 11) is 1.38. The van der Waals surface area contributed by atoms with Gasteiger partial charge in [-0.2, -0.15) is 13.2 Å². The minimum atomic E-state index is -5.02. The van der Waals surface area contributed by atoms with Gasteiger partial charge in [-0.15, -0.1) is 0 Å². The number of amides is 1. The number of alkyl halides is 4. The van der Waals surface area contributed by atoms with Gasteiger partial charge in [0, 0.05) is 28.9 Å². The van der Waals surface area contributed by atoms with Crippen molar-refractivity contribution in [1.82, 2.24) is 4.90 Å². The number of carbonyl (C=O) groups is 2. The highest BCUT2D eigenvalue weighted by atomic mass is 35.5. The quantitative estimate of drug-likeness (QED) is 0.280. The molecule has 0 aromatic heterocycles. The number of carbonyl (C=O) groups excluding carboxylic acids is 2. The van der Waals surface area contributed by atoms with E-state index in [0.29, 0.717) is 75.4 Å². The summed E-state index contributed by atoms with van der Waals surface area (Å²) in [6.07, 6.45) is -0.256. The van der Waals surface area contributed by atoms with Gasteiger partial charge >= 0.3 is 12.1 Å². The van der Waals surface area contributed by atoms with E-state index in [1.54, 1.807) is 6.07 Å². The molecule has 1 saturated carbocycles. The molecule has 1 amide bonds. The van der Waals surface area contributed by atoms with Crippen LogP contribution in [0, 0.1) is 11.8 Å². The number of benzene rings is 2. The van der Waals surface area contributed by atoms with Gasteiger partial charge in [0.15, 0.2) is 0 Å². The monoisotopic (exact) mass is 579 g/mol. The van der Waals surface area contributed by atoms with Crippen molar-refractivity contribution in [3.05, 3.63) is 69.7 Å². The Morgan fingerprint density at radius 2 is 1.65 bits per heavy atom. The smallest absolute Gasteiger partial charge is 0.426 e. The summed E-state index contributed by atoms with van der Waals surface area (Å²) in [5.41, 5.74) is -1.74. The number of likely N-dealkylation sites (tertiary alicyclic amines) is 1. The number of fused-ring (bicyclic) bond motifs is 3. The highest BCUT2D eigenvalue weighted by Gasteiger charge is 2.56. The van der Waals surface area contributed by atoms with Crippen LogP contribution in [0.25, 0.3) is 0 Å². The third-order valence-corrected chi connectivity index (χ3v) is 9.79. The van der Waals surface area contributed by atoms with Gasteiger partial charge in [-0.3, -0.25) is 9.59 Å². The summed E-state index contributed by atoms with van der Waals surface area (Å²) in [5.74, 6) is -0.493. The van der Waals surface area contributed by atoms with E-state index in [2.05, 4.69) is 0 Å². The molecule has 216 valence electrons. The Morgan fingerprint density at radius 1 is 1.00 bits per heavy atom. The Labute approximate surface area is 237 Å². The van der Waals surface area contributed by atoms with Crippen molar-refractivity contribution in [3.63, 3.8) is 0 Å². The molecule has 2 aromatic rings. The van der Waals surface area contributed by atoms with Gasteiger partial charge in [0.2, 0.25) is 11.6 Å². The first-order valence-corrected chi connectivity index (χ1v) is 14.3. The third-order valence-electron chi connectivity index (χ3n) is 9.54. The maximum Gasteiger partial charge on any atom is 0.426 e. The fourth-order valence-corrected chi connectivity index (χ4v) is 7.36. The van der Waals surface area contributed by atoms with Crippen LogP contribution in [-0.2, 0) is 38.3 Å². The SMILES string of the molecule is COC(=O)[C@H]1CC[C@H](C(=O)N2CCC3(Cc4ccc(Cl)cc4)c4ccc(C(C)(F)C(F)(F)F)cc4CCC23)CC1. The molecule has 1 aliphatic heterocycles. The predicted octanol–water partition coefficient (Wildman–Crippen LogP) is 7.09. The number of methoxy groups -OCH3 is 1. The molecule has 0 spiro atoms. The van der Waals surface area contributed by atoms with E-state index >= 15 is 0 Å². The maximum absolute atomic E-state index is 14.9. The number of rotatable bonds is 5. The molecule has 40 heavy (non-hydrogen) atoms. The molecule has 5 rings (SSSR count). The Kier molecular flexibility index (Phi) is 7.70. The number of ether oxygens (including phenoxy) is 1. The lowest BCUT2D eigenvalue weighted by molar-refractivity contribution is -0.228. The van der Waals surface area contributed by atoms with Gasteiger partial charge in [-0.05, 0) is 92.7 Å². The second kappa shape index (κ2) is 10.7. The summed E-state index contributed by atoms with van der Waals surface area (Å²) in [6, 6.07) is 11.7. The van der Waals surface area contributed by atoms with E-state index in [4.69, 9.17) is 16.3 Å². The van der Waals surface area contributed by atoms with Crippen LogP contribution < -0.4 is 0 Å². The normalized spacial score (nSPS) is 27.9. The van der Waals surface area contributed by atoms with Crippen LogP contribution in [0.15, 0.2) is 42.5 Å². The molecule has 2 fully saturated rings. The van der Waals surface area contributed by atoms with Crippen LogP contribution in [-0.4, -0.2) is 42.6 Å². The summed E-state index contributed by atoms with van der Waals surface area (Å²) in [5, 5.41) is 0.603. The molecular formula is C31H34ClF4NO3. The summed E-state index contributed by atoms with van der Waals surface area (Å²) in [6.45, 7) is 1.10. The summed E-state index contributed by atoms with van der Waals surface area (Å²) < 4.78 is 60.3. The number of nitrogens with zero attached hydrogens (tertiary/aromatic N) is 1. The van der Waals surface area contributed by atoms with Crippen LogP contribution in [0.3, 0.4) is 0 Å². The van der Waals surface area contributed by atoms with Crippen molar-refractivity contribution >= 4 is 23.5 Å². The van der Waals surface area contributed by atoms with Crippen molar-refractivity contribution in [3.8, 4) is 0 Å². The fourth-order valence-electron chi connectivity index (χ4n) is 7.23. The van der Waals surface area contributed by atoms with Crippen LogP contribution in [0.1, 0.15) is 67.7 Å². The molecule has 4 nitrogen and oxygen atoms in total. The highest BCUT2D eigenvalue weighted by molar-refractivity contribution is 6.30. The molecule has 3 unspecified atom stereocenters. The van der Waals surface area contributed by atoms with E-state index < -0.39 is 22.8 Å². The van der Waals surface area contributed by atoms with Crippen LogP contribution >= 0.6 is 11.6 Å². The Morgan fingerprint density at radius 3 is 2.27 bits per heavy atom. The van der Waals surface area contributed by atoms with Gasteiger partial charge in [0.25, 0.3) is 0 Å². The lowest BCUT2D eigenvalue weighted by atomic mass is 9.63. The zero-order valence-corrected chi connectivity index (χ0v) is 23.5. The van der Waals surface area contributed by atoms with Crippen molar-refractivity contribution < 1.29 is 31.9 Å². The van der Waals surface area contributed by atoms with Crippen LogP contribution in [0.2, 0.25) is 5.02 Å². The Balaban J connectivity index is 1.47. The molecule has 9 heteroatoms. The predicted molar refractivity (Wildman–Crippen MR) is 144 cm³/mol. The lowest BCUT2D eigenvalue weighted by Gasteiger charge is -2.45. The molecule has 2 aliphatic carbocycles. The molecule has 0 bridgehead atoms. The zero-order valence-electron chi connectivity index (χ0n) is 22.7. The maximum atomic E-state index is 14.9. The van der Waals surface area contributed by atoms with Crippen molar-refractivity contribution in [2.24, 2.45) is 11.8 Å². The Bertz CT molecular complexity index is 1270. The third kappa shape index (κ3) is 5.01. The summed E-state index contributed by atoms with van der Waals surface area (Å²) >= 11 is 6.12. The van der Waals surface area contributed by atoms with Gasteiger partial charge in [-0.1, -0.05) is 41.9 Å². The number of esters is 1. The van der Waals surface area contributed by atoms with Crippen LogP contribution in [0.4, 0.5) is 17.6 Å². The van der Waals surface area contributed by atoms with Crippen molar-refractivity contribution in [2.75, 3.05) is 13.7 Å². The highest BCUT2D eigenvalue weighted by Crippen LogP contribution is 2.51. The lowest BCUT2D eigenvalue weighted by Crippen LogP contribution is -2.51. The molecule has 1 saturated heterocycles. The standard InChI is InChI=1S/C31H34ClF4NO3/c1-29(33,31(34,35)36)23-10-13-25-22(17-23)9-14-26-30(25,18-19-3-11-24(32)12-4-19)15-16-37(26)27(38)20-5-7-21(8-6-20)28(39)40-2/h3-4,10-13,17,20-21,26H,5-9,14-16,18H2,1-2H3/t20-,21-,26?,29?,30?. The fraction of sp³-hybridized carbons (Fsp3) is 0.548. The molecule has 1 heterocycles. The van der Waals surface area contributed by atoms with Crippen molar-refractivity contribution in [1.29, 1.82) is 0 Å². The first-order valence-electron chi connectivity index (χ1n) is 13.9. The number of aryl methyl sites for hydroxylation is 1. The second-order valence-electron chi connectivity index (χ2n) is 11.7. The van der Waals surface area contributed by atoms with E-state index in [9.17, 15) is 27.2 Å². The average Bonchev–Trinajstić information content (AvgIpc) is 3.32. The minimum absolute atomic E-state index is 0.0831. The minimum Gasteiger partial charge on any atom is -0.469 e. The second-order valence-corrected chi connectivity index (χ2v) is 12.2. The van der Waals surface area contributed by atoms with E-state index in [0.717, 1.165) is 11.1 Å². The summed E-state index contributed by atoms with van der Waals surface area (Å²) in [4.78, 5) is 27.8. The van der Waals surface area contributed by atoms with E-state index in [1.165, 1.54) is 19.2 Å². The molecule has 0 N–H and O–H groups in total.